The van der Waals surface area contributed by atoms with E-state index in [1.165, 1.54) is 37.0 Å². The molecule has 28 heavy (non-hydrogen) atoms. The van der Waals surface area contributed by atoms with Crippen LogP contribution in [0.15, 0.2) is 23.3 Å². The summed E-state index contributed by atoms with van der Waals surface area (Å²) in [6, 6.07) is 2.34. The van der Waals surface area contributed by atoms with Gasteiger partial charge in [-0.05, 0) is 67.7 Å². The lowest BCUT2D eigenvalue weighted by molar-refractivity contribution is 0.649. The first kappa shape index (κ1) is 20.0. The van der Waals surface area contributed by atoms with Crippen LogP contribution in [0.2, 0.25) is 0 Å². The number of thiazole rings is 2. The molecule has 0 bridgehead atoms. The van der Waals surface area contributed by atoms with Crippen molar-refractivity contribution in [1.82, 2.24) is 9.97 Å². The van der Waals surface area contributed by atoms with E-state index in [1.807, 2.05) is 11.3 Å². The second-order valence-electron chi connectivity index (χ2n) is 8.73. The molecule has 5 heteroatoms. The zero-order chi connectivity index (χ0) is 20.0. The van der Waals surface area contributed by atoms with Gasteiger partial charge in [0, 0.05) is 4.88 Å². The summed E-state index contributed by atoms with van der Waals surface area (Å²) < 4.78 is 0. The Morgan fingerprint density at radius 2 is 1.54 bits per heavy atom. The Kier molecular flexibility index (Phi) is 5.60. The van der Waals surface area contributed by atoms with E-state index in [-0.39, 0.29) is 0 Å². The molecule has 0 radical (unpaired) electrons. The van der Waals surface area contributed by atoms with Crippen LogP contribution in [-0.4, -0.2) is 9.97 Å². The summed E-state index contributed by atoms with van der Waals surface area (Å²) in [7, 11) is 0. The van der Waals surface area contributed by atoms with E-state index in [9.17, 15) is 0 Å². The van der Waals surface area contributed by atoms with E-state index in [0.29, 0.717) is 11.8 Å². The fraction of sp³-hybridized carbons (Fsp3) is 0.478. The van der Waals surface area contributed by atoms with E-state index in [4.69, 9.17) is 9.97 Å². The van der Waals surface area contributed by atoms with Crippen molar-refractivity contribution in [2.24, 2.45) is 11.8 Å². The third-order valence-corrected chi connectivity index (χ3v) is 8.21. The lowest BCUT2D eigenvalue weighted by atomic mass is 10.0. The van der Waals surface area contributed by atoms with Crippen LogP contribution < -0.4 is 0 Å². The van der Waals surface area contributed by atoms with Crippen molar-refractivity contribution in [2.45, 2.75) is 60.8 Å². The predicted molar refractivity (Wildman–Crippen MR) is 127 cm³/mol. The second-order valence-corrected chi connectivity index (χ2v) is 11.9. The average Bonchev–Trinajstić information content (AvgIpc) is 3.29. The Morgan fingerprint density at radius 1 is 0.893 bits per heavy atom. The minimum Gasteiger partial charge on any atom is -0.224 e. The van der Waals surface area contributed by atoms with E-state index in [2.05, 4.69) is 53.7 Å². The first-order chi connectivity index (χ1) is 13.3. The largest absolute Gasteiger partial charge is 0.224 e. The Bertz CT molecular complexity index is 1040. The van der Waals surface area contributed by atoms with Crippen LogP contribution in [0.25, 0.3) is 25.1 Å². The number of allylic oxidation sites excluding steroid dienone is 4. The van der Waals surface area contributed by atoms with Crippen molar-refractivity contribution in [1.29, 1.82) is 0 Å². The SMILES string of the molecule is CC1=CC(CC(C)C)=C(c2nc3sc(-c4sc(C)cc4CC(C)C)nc3s2)C1. The highest BCUT2D eigenvalue weighted by molar-refractivity contribution is 7.30. The highest BCUT2D eigenvalue weighted by atomic mass is 32.1. The minimum atomic E-state index is 0.656. The third-order valence-electron chi connectivity index (χ3n) is 4.88. The van der Waals surface area contributed by atoms with E-state index in [1.54, 1.807) is 22.7 Å². The number of aryl methyl sites for hydroxylation is 1. The van der Waals surface area contributed by atoms with Crippen molar-refractivity contribution < 1.29 is 0 Å². The van der Waals surface area contributed by atoms with Crippen LogP contribution in [0.5, 0.6) is 0 Å². The van der Waals surface area contributed by atoms with Gasteiger partial charge in [0.15, 0.2) is 9.66 Å². The number of nitrogens with zero attached hydrogens (tertiary/aromatic N) is 2. The van der Waals surface area contributed by atoms with Crippen molar-refractivity contribution in [3.05, 3.63) is 38.7 Å². The Morgan fingerprint density at radius 3 is 2.21 bits per heavy atom. The second kappa shape index (κ2) is 7.85. The number of aromatic nitrogens is 2. The van der Waals surface area contributed by atoms with Crippen LogP contribution in [0.4, 0.5) is 0 Å². The molecule has 0 spiro atoms. The monoisotopic (exact) mass is 428 g/mol. The Hall–Kier alpha value is -1.30. The molecular weight excluding hydrogens is 400 g/mol. The number of fused-ring (bicyclic) bond motifs is 1. The van der Waals surface area contributed by atoms with Gasteiger partial charge in [-0.3, -0.25) is 0 Å². The molecule has 0 N–H and O–H groups in total. The van der Waals surface area contributed by atoms with Crippen molar-refractivity contribution in [3.63, 3.8) is 0 Å². The van der Waals surface area contributed by atoms with Crippen LogP contribution >= 0.6 is 34.0 Å². The summed E-state index contributed by atoms with van der Waals surface area (Å²) in [4.78, 5) is 14.9. The minimum absolute atomic E-state index is 0.656. The van der Waals surface area contributed by atoms with Gasteiger partial charge in [0.25, 0.3) is 0 Å². The fourth-order valence-electron chi connectivity index (χ4n) is 3.87. The van der Waals surface area contributed by atoms with Gasteiger partial charge in [0.2, 0.25) is 0 Å². The van der Waals surface area contributed by atoms with Gasteiger partial charge in [-0.2, -0.15) is 0 Å². The lowest BCUT2D eigenvalue weighted by Gasteiger charge is -2.07. The summed E-state index contributed by atoms with van der Waals surface area (Å²) >= 11 is 5.40. The van der Waals surface area contributed by atoms with Crippen molar-refractivity contribution in [3.8, 4) is 9.88 Å². The quantitative estimate of drug-likeness (QED) is 0.396. The average molecular weight is 429 g/mol. The molecule has 0 fully saturated rings. The fourth-order valence-corrected chi connectivity index (χ4v) is 7.15. The van der Waals surface area contributed by atoms with E-state index in [0.717, 1.165) is 33.9 Å². The first-order valence-electron chi connectivity index (χ1n) is 10.1. The maximum Gasteiger partial charge on any atom is 0.155 e. The lowest BCUT2D eigenvalue weighted by Crippen LogP contribution is -1.93. The molecule has 0 saturated carbocycles. The molecule has 0 saturated heterocycles. The molecule has 0 aliphatic heterocycles. The smallest absolute Gasteiger partial charge is 0.155 e. The summed E-state index contributed by atoms with van der Waals surface area (Å²) in [5.74, 6) is 1.32. The normalized spacial score (nSPS) is 14.9. The van der Waals surface area contributed by atoms with Gasteiger partial charge in [-0.25, -0.2) is 9.97 Å². The van der Waals surface area contributed by atoms with Crippen LogP contribution in [-0.2, 0) is 6.42 Å². The molecule has 148 valence electrons. The van der Waals surface area contributed by atoms with Crippen LogP contribution in [0, 0.1) is 18.8 Å². The number of hydrogen-bond donors (Lipinski definition) is 0. The molecule has 3 aromatic heterocycles. The molecule has 3 aromatic rings. The van der Waals surface area contributed by atoms with Gasteiger partial charge in [0.05, 0.1) is 4.88 Å². The van der Waals surface area contributed by atoms with Gasteiger partial charge in [0.1, 0.15) is 10.0 Å². The van der Waals surface area contributed by atoms with Crippen molar-refractivity contribution >= 4 is 49.2 Å². The molecule has 0 amide bonds. The molecule has 0 aromatic carbocycles. The van der Waals surface area contributed by atoms with Gasteiger partial charge in [-0.15, -0.1) is 11.3 Å². The zero-order valence-electron chi connectivity index (χ0n) is 17.5. The topological polar surface area (TPSA) is 25.8 Å². The molecule has 0 unspecified atom stereocenters. The summed E-state index contributed by atoms with van der Waals surface area (Å²) in [5, 5.41) is 2.32. The summed E-state index contributed by atoms with van der Waals surface area (Å²) in [6.07, 6.45) is 5.65. The van der Waals surface area contributed by atoms with Crippen molar-refractivity contribution in [2.75, 3.05) is 0 Å². The highest BCUT2D eigenvalue weighted by Gasteiger charge is 2.22. The van der Waals surface area contributed by atoms with E-state index < -0.39 is 0 Å². The van der Waals surface area contributed by atoms with Crippen LogP contribution in [0.1, 0.15) is 62.9 Å². The highest BCUT2D eigenvalue weighted by Crippen LogP contribution is 2.43. The maximum absolute atomic E-state index is 5.02. The molecule has 4 rings (SSSR count). The summed E-state index contributed by atoms with van der Waals surface area (Å²) in [6.45, 7) is 13.6. The standard InChI is InChI=1S/C23H28N2S3/c1-12(2)7-16-9-14(5)10-18(16)20-24-22-23(27-20)25-21(28-22)19-17(8-13(3)4)11-15(6)26-19/h9,11-13H,7-8,10H2,1-6H3. The Labute approximate surface area is 180 Å². The maximum atomic E-state index is 5.02. The first-order valence-corrected chi connectivity index (χ1v) is 12.5. The number of thiophene rings is 1. The molecule has 1 aliphatic rings. The molecule has 2 nitrogen and oxygen atoms in total. The summed E-state index contributed by atoms with van der Waals surface area (Å²) in [5.41, 5.74) is 5.79. The molecule has 3 heterocycles. The van der Waals surface area contributed by atoms with Gasteiger partial charge in [-0.1, -0.05) is 62.0 Å². The number of hydrogen-bond acceptors (Lipinski definition) is 5. The van der Waals surface area contributed by atoms with Crippen LogP contribution in [0.3, 0.4) is 0 Å². The van der Waals surface area contributed by atoms with E-state index >= 15 is 0 Å². The molecular formula is C23H28N2S3. The number of rotatable bonds is 6. The predicted octanol–water partition coefficient (Wildman–Crippen LogP) is 8.14. The van der Waals surface area contributed by atoms with Gasteiger partial charge < -0.3 is 0 Å². The zero-order valence-corrected chi connectivity index (χ0v) is 20.0. The van der Waals surface area contributed by atoms with Gasteiger partial charge >= 0.3 is 0 Å². The third kappa shape index (κ3) is 4.03. The Balaban J connectivity index is 1.68. The molecule has 0 atom stereocenters. The molecule has 1 aliphatic carbocycles.